The van der Waals surface area contributed by atoms with Gasteiger partial charge in [-0.3, -0.25) is 9.79 Å². The van der Waals surface area contributed by atoms with Crippen LogP contribution in [-0.2, 0) is 20.0 Å². The standard InChI is InChI=1S/C21H15Cl3F6N2O3S/c22-13-4-12(5-14(23)6-13)19(21(28,29)30)7-16(31-9-19)11-1-2-17(15(24)3-11)36(34,35)8-18(33)32-10-20(25,26)27/h1-6H,7-10H2,(H,32,33). The van der Waals surface area contributed by atoms with Crippen LogP contribution in [0.3, 0.4) is 0 Å². The summed E-state index contributed by atoms with van der Waals surface area (Å²) in [6.45, 7) is -2.40. The molecule has 2 aromatic carbocycles. The summed E-state index contributed by atoms with van der Waals surface area (Å²) < 4.78 is 104. The quantitative estimate of drug-likeness (QED) is 0.430. The zero-order chi connectivity index (χ0) is 27.1. The lowest BCUT2D eigenvalue weighted by Crippen LogP contribution is -2.43. The van der Waals surface area contributed by atoms with Gasteiger partial charge in [-0.25, -0.2) is 8.42 Å². The summed E-state index contributed by atoms with van der Waals surface area (Å²) in [6, 6.07) is 6.75. The first kappa shape index (κ1) is 28.5. The third kappa shape index (κ3) is 6.27. The van der Waals surface area contributed by atoms with Gasteiger partial charge in [0.1, 0.15) is 17.7 Å². The Balaban J connectivity index is 1.86. The van der Waals surface area contributed by atoms with E-state index in [1.54, 1.807) is 0 Å². The van der Waals surface area contributed by atoms with Gasteiger partial charge in [-0.15, -0.1) is 0 Å². The molecule has 36 heavy (non-hydrogen) atoms. The van der Waals surface area contributed by atoms with Crippen molar-refractivity contribution >= 4 is 56.3 Å². The normalized spacial score (nSPS) is 18.8. The molecule has 0 saturated heterocycles. The molecule has 1 aliphatic heterocycles. The van der Waals surface area contributed by atoms with E-state index in [0.29, 0.717) is 0 Å². The van der Waals surface area contributed by atoms with Crippen LogP contribution in [0.4, 0.5) is 26.3 Å². The molecule has 0 bridgehead atoms. The Labute approximate surface area is 216 Å². The van der Waals surface area contributed by atoms with E-state index in [1.807, 2.05) is 0 Å². The van der Waals surface area contributed by atoms with E-state index in [9.17, 15) is 39.6 Å². The van der Waals surface area contributed by atoms with Crippen LogP contribution in [0.15, 0.2) is 46.3 Å². The predicted octanol–water partition coefficient (Wildman–Crippen LogP) is 5.79. The van der Waals surface area contributed by atoms with E-state index in [0.717, 1.165) is 30.3 Å². The van der Waals surface area contributed by atoms with E-state index in [2.05, 4.69) is 4.99 Å². The van der Waals surface area contributed by atoms with Crippen molar-refractivity contribution in [3.8, 4) is 0 Å². The van der Waals surface area contributed by atoms with Crippen molar-refractivity contribution in [3.63, 3.8) is 0 Å². The van der Waals surface area contributed by atoms with E-state index in [-0.39, 0.29) is 26.9 Å². The second-order valence-corrected chi connectivity index (χ2v) is 11.2. The van der Waals surface area contributed by atoms with Crippen molar-refractivity contribution < 1.29 is 39.6 Å². The predicted molar refractivity (Wildman–Crippen MR) is 123 cm³/mol. The van der Waals surface area contributed by atoms with Crippen LogP contribution >= 0.6 is 34.8 Å². The van der Waals surface area contributed by atoms with E-state index >= 15 is 0 Å². The molecule has 2 aromatic rings. The van der Waals surface area contributed by atoms with Gasteiger partial charge in [0.25, 0.3) is 0 Å². The second kappa shape index (κ2) is 10.0. The number of aliphatic imine (C=N–C) groups is 1. The fraction of sp³-hybridized carbons (Fsp3) is 0.333. The van der Waals surface area contributed by atoms with Crippen LogP contribution in [0, 0.1) is 0 Å². The monoisotopic (exact) mass is 594 g/mol. The van der Waals surface area contributed by atoms with Crippen molar-refractivity contribution in [2.75, 3.05) is 18.8 Å². The minimum absolute atomic E-state index is 0.00597. The summed E-state index contributed by atoms with van der Waals surface area (Å²) in [6.07, 6.45) is -10.1. The topological polar surface area (TPSA) is 75.6 Å². The van der Waals surface area contributed by atoms with Crippen LogP contribution in [0.2, 0.25) is 15.1 Å². The average Bonchev–Trinajstić information content (AvgIpc) is 3.17. The maximum atomic E-state index is 14.2. The molecule has 1 atom stereocenters. The van der Waals surface area contributed by atoms with Gasteiger partial charge < -0.3 is 5.32 Å². The van der Waals surface area contributed by atoms with Crippen LogP contribution < -0.4 is 5.32 Å². The number of carbonyl (C=O) groups excluding carboxylic acids is 1. The molecule has 1 heterocycles. The summed E-state index contributed by atoms with van der Waals surface area (Å²) in [5, 5.41) is 1.02. The Morgan fingerprint density at radius 1 is 1.00 bits per heavy atom. The molecule has 1 amide bonds. The highest BCUT2D eigenvalue weighted by Gasteiger charge is 2.58. The van der Waals surface area contributed by atoms with Crippen LogP contribution in [-0.4, -0.2) is 51.2 Å². The maximum Gasteiger partial charge on any atom is 0.405 e. The number of amides is 1. The first-order valence-electron chi connectivity index (χ1n) is 9.86. The Morgan fingerprint density at radius 3 is 2.14 bits per heavy atom. The molecule has 0 aliphatic carbocycles. The van der Waals surface area contributed by atoms with Crippen LogP contribution in [0.1, 0.15) is 17.5 Å². The molecule has 1 N–H and O–H groups in total. The number of nitrogens with one attached hydrogen (secondary N) is 1. The number of hydrogen-bond acceptors (Lipinski definition) is 4. The number of halogens is 9. The number of nitrogens with zero attached hydrogens (tertiary/aromatic N) is 1. The Hall–Kier alpha value is -2.02. The molecule has 0 fully saturated rings. The Morgan fingerprint density at radius 2 is 1.61 bits per heavy atom. The van der Waals surface area contributed by atoms with Gasteiger partial charge in [0.15, 0.2) is 9.84 Å². The lowest BCUT2D eigenvalue weighted by atomic mass is 9.76. The Kier molecular flexibility index (Phi) is 7.96. The zero-order valence-electron chi connectivity index (χ0n) is 17.8. The summed E-state index contributed by atoms with van der Waals surface area (Å²) in [5.74, 6) is -2.71. The van der Waals surface area contributed by atoms with E-state index in [4.69, 9.17) is 34.8 Å². The second-order valence-electron chi connectivity index (χ2n) is 7.97. The summed E-state index contributed by atoms with van der Waals surface area (Å²) in [4.78, 5) is 15.1. The molecular formula is C21H15Cl3F6N2O3S. The number of benzene rings is 2. The van der Waals surface area contributed by atoms with Crippen molar-refractivity contribution in [1.29, 1.82) is 0 Å². The van der Waals surface area contributed by atoms with Gasteiger partial charge in [-0.2, -0.15) is 26.3 Å². The van der Waals surface area contributed by atoms with Crippen molar-refractivity contribution in [3.05, 3.63) is 62.6 Å². The summed E-state index contributed by atoms with van der Waals surface area (Å²) >= 11 is 17.9. The molecule has 0 spiro atoms. The largest absolute Gasteiger partial charge is 0.405 e. The average molecular weight is 596 g/mol. The van der Waals surface area contributed by atoms with Crippen molar-refractivity contribution in [2.24, 2.45) is 4.99 Å². The number of hydrogen-bond donors (Lipinski definition) is 1. The smallest absolute Gasteiger partial charge is 0.346 e. The number of alkyl halides is 6. The van der Waals surface area contributed by atoms with Crippen molar-refractivity contribution in [1.82, 2.24) is 5.32 Å². The summed E-state index contributed by atoms with van der Waals surface area (Å²) in [7, 11) is -4.46. The minimum atomic E-state index is -4.75. The lowest BCUT2D eigenvalue weighted by Gasteiger charge is -2.31. The number of rotatable bonds is 6. The third-order valence-electron chi connectivity index (χ3n) is 5.37. The third-order valence-corrected chi connectivity index (χ3v) is 7.90. The minimum Gasteiger partial charge on any atom is -0.346 e. The summed E-state index contributed by atoms with van der Waals surface area (Å²) in [5.41, 5.74) is -2.55. The maximum absolute atomic E-state index is 14.2. The fourth-order valence-electron chi connectivity index (χ4n) is 3.63. The van der Waals surface area contributed by atoms with Crippen LogP contribution in [0.5, 0.6) is 0 Å². The van der Waals surface area contributed by atoms with Gasteiger partial charge in [0.2, 0.25) is 5.91 Å². The van der Waals surface area contributed by atoms with Gasteiger partial charge >= 0.3 is 12.4 Å². The molecule has 3 rings (SSSR count). The SMILES string of the molecule is O=C(CS(=O)(=O)c1ccc(C2=NCC(c3cc(Cl)cc(Cl)c3)(C(F)(F)F)C2)cc1Cl)NCC(F)(F)F. The Bertz CT molecular complexity index is 1310. The first-order valence-corrected chi connectivity index (χ1v) is 12.6. The lowest BCUT2D eigenvalue weighted by molar-refractivity contribution is -0.183. The molecule has 0 saturated carbocycles. The van der Waals surface area contributed by atoms with Crippen LogP contribution in [0.25, 0.3) is 0 Å². The fourth-order valence-corrected chi connectivity index (χ4v) is 5.92. The molecule has 196 valence electrons. The highest BCUT2D eigenvalue weighted by molar-refractivity contribution is 7.92. The van der Waals surface area contributed by atoms with Gasteiger partial charge in [0.05, 0.1) is 16.5 Å². The van der Waals surface area contributed by atoms with Gasteiger partial charge in [-0.05, 0) is 41.5 Å². The van der Waals surface area contributed by atoms with Gasteiger partial charge in [-0.1, -0.05) is 40.9 Å². The number of carbonyl (C=O) groups is 1. The molecule has 5 nitrogen and oxygen atoms in total. The number of sulfone groups is 1. The molecule has 15 heteroatoms. The first-order chi connectivity index (χ1) is 16.4. The van der Waals surface area contributed by atoms with Crippen molar-refractivity contribution in [2.45, 2.75) is 29.1 Å². The van der Waals surface area contributed by atoms with Gasteiger partial charge in [0, 0.05) is 22.2 Å². The highest BCUT2D eigenvalue weighted by Crippen LogP contribution is 2.49. The molecule has 0 radical (unpaired) electrons. The highest BCUT2D eigenvalue weighted by atomic mass is 35.5. The molecule has 1 aliphatic rings. The van der Waals surface area contributed by atoms with E-state index < -0.39 is 68.7 Å². The molecular weight excluding hydrogens is 581 g/mol. The van der Waals surface area contributed by atoms with E-state index in [1.165, 1.54) is 11.4 Å². The molecule has 0 aromatic heterocycles. The zero-order valence-corrected chi connectivity index (χ0v) is 20.9. The molecule has 1 unspecified atom stereocenters.